The van der Waals surface area contributed by atoms with Gasteiger partial charge in [-0.2, -0.15) is 5.26 Å². The number of benzene rings is 2. The standard InChI is InChI=1S/C18H13Cl2NO3/c1-23-13-7-11(8-14(9-13)24-2)6-12(10-21)18(22)17-15(19)4-3-5-16(17)20/h3-9H,1-2H3. The van der Waals surface area contributed by atoms with Crippen LogP contribution < -0.4 is 9.47 Å². The Balaban J connectivity index is 2.50. The Morgan fingerprint density at radius 2 is 1.62 bits per heavy atom. The number of carbonyl (C=O) groups excluding carboxylic acids is 1. The number of hydrogen-bond donors (Lipinski definition) is 0. The lowest BCUT2D eigenvalue weighted by molar-refractivity contribution is 0.104. The summed E-state index contributed by atoms with van der Waals surface area (Å²) in [5, 5.41) is 9.75. The Kier molecular flexibility index (Phi) is 5.86. The number of hydrogen-bond acceptors (Lipinski definition) is 4. The van der Waals surface area contributed by atoms with E-state index in [1.807, 2.05) is 6.07 Å². The van der Waals surface area contributed by atoms with E-state index >= 15 is 0 Å². The molecule has 0 saturated heterocycles. The van der Waals surface area contributed by atoms with E-state index in [2.05, 4.69) is 0 Å². The molecule has 24 heavy (non-hydrogen) atoms. The fourth-order valence-electron chi connectivity index (χ4n) is 2.08. The average molecular weight is 362 g/mol. The normalized spacial score (nSPS) is 10.9. The van der Waals surface area contributed by atoms with Crippen molar-refractivity contribution in [2.24, 2.45) is 0 Å². The monoisotopic (exact) mass is 361 g/mol. The molecule has 0 atom stereocenters. The third kappa shape index (κ3) is 3.88. The van der Waals surface area contributed by atoms with Crippen molar-refractivity contribution in [3.8, 4) is 17.6 Å². The van der Waals surface area contributed by atoms with Crippen LogP contribution in [0.15, 0.2) is 42.0 Å². The molecule has 0 aliphatic rings. The lowest BCUT2D eigenvalue weighted by Gasteiger charge is -2.07. The van der Waals surface area contributed by atoms with Gasteiger partial charge in [0.2, 0.25) is 5.78 Å². The van der Waals surface area contributed by atoms with Crippen molar-refractivity contribution < 1.29 is 14.3 Å². The maximum Gasteiger partial charge on any atom is 0.206 e. The van der Waals surface area contributed by atoms with E-state index in [1.165, 1.54) is 20.3 Å². The number of nitrogens with zero attached hydrogens (tertiary/aromatic N) is 1. The maximum atomic E-state index is 12.6. The average Bonchev–Trinajstić information content (AvgIpc) is 2.58. The minimum absolute atomic E-state index is 0.0969. The minimum atomic E-state index is -0.546. The molecule has 4 nitrogen and oxygen atoms in total. The molecule has 0 N–H and O–H groups in total. The number of carbonyl (C=O) groups is 1. The van der Waals surface area contributed by atoms with Crippen molar-refractivity contribution >= 4 is 35.1 Å². The second kappa shape index (κ2) is 7.87. The predicted molar refractivity (Wildman–Crippen MR) is 93.9 cm³/mol. The third-order valence-electron chi connectivity index (χ3n) is 3.24. The van der Waals surface area contributed by atoms with Gasteiger partial charge in [-0.15, -0.1) is 0 Å². The SMILES string of the molecule is COc1cc(C=C(C#N)C(=O)c2c(Cl)cccc2Cl)cc(OC)c1. The smallest absolute Gasteiger partial charge is 0.206 e. The molecule has 0 aliphatic heterocycles. The highest BCUT2D eigenvalue weighted by atomic mass is 35.5. The molecule has 0 spiro atoms. The minimum Gasteiger partial charge on any atom is -0.497 e. The summed E-state index contributed by atoms with van der Waals surface area (Å²) in [5.74, 6) is 0.539. The van der Waals surface area contributed by atoms with Crippen LogP contribution in [-0.2, 0) is 0 Å². The van der Waals surface area contributed by atoms with Crippen molar-refractivity contribution in [3.05, 3.63) is 63.1 Å². The molecule has 2 aromatic carbocycles. The van der Waals surface area contributed by atoms with Crippen LogP contribution in [0, 0.1) is 11.3 Å². The summed E-state index contributed by atoms with van der Waals surface area (Å²) < 4.78 is 10.4. The van der Waals surface area contributed by atoms with Gasteiger partial charge in [-0.1, -0.05) is 29.3 Å². The van der Waals surface area contributed by atoms with E-state index in [0.717, 1.165) is 0 Å². The molecule has 0 aliphatic carbocycles. The lowest BCUT2D eigenvalue weighted by Crippen LogP contribution is -2.04. The number of methoxy groups -OCH3 is 2. The van der Waals surface area contributed by atoms with E-state index in [-0.39, 0.29) is 21.2 Å². The van der Waals surface area contributed by atoms with E-state index in [9.17, 15) is 10.1 Å². The van der Waals surface area contributed by atoms with E-state index < -0.39 is 5.78 Å². The van der Waals surface area contributed by atoms with Gasteiger partial charge in [0.15, 0.2) is 0 Å². The molecule has 2 aromatic rings. The fraction of sp³-hybridized carbons (Fsp3) is 0.111. The van der Waals surface area contributed by atoms with Crippen LogP contribution in [0.3, 0.4) is 0 Å². The van der Waals surface area contributed by atoms with Gasteiger partial charge in [-0.05, 0) is 35.9 Å². The Bertz CT molecular complexity index is 811. The quantitative estimate of drug-likeness (QED) is 0.436. The highest BCUT2D eigenvalue weighted by Crippen LogP contribution is 2.28. The van der Waals surface area contributed by atoms with Gasteiger partial charge in [0.05, 0.1) is 29.8 Å². The van der Waals surface area contributed by atoms with Crippen molar-refractivity contribution in [1.82, 2.24) is 0 Å². The van der Waals surface area contributed by atoms with Crippen LogP contribution in [0.4, 0.5) is 0 Å². The highest BCUT2D eigenvalue weighted by Gasteiger charge is 2.19. The molecular weight excluding hydrogens is 349 g/mol. The number of ketones is 1. The molecule has 0 fully saturated rings. The summed E-state index contributed by atoms with van der Waals surface area (Å²) in [5.41, 5.74) is 0.586. The lowest BCUT2D eigenvalue weighted by atomic mass is 10.0. The van der Waals surface area contributed by atoms with Gasteiger partial charge in [0.25, 0.3) is 0 Å². The Hall–Kier alpha value is -2.48. The second-order valence-corrected chi connectivity index (χ2v) is 5.56. The number of Topliss-reactive ketones (excluding diaryl/α,β-unsaturated/α-hetero) is 1. The predicted octanol–water partition coefficient (Wildman–Crippen LogP) is 4.80. The van der Waals surface area contributed by atoms with E-state index in [0.29, 0.717) is 17.1 Å². The summed E-state index contributed by atoms with van der Waals surface area (Å²) in [6.45, 7) is 0. The first kappa shape index (κ1) is 17.9. The summed E-state index contributed by atoms with van der Waals surface area (Å²) in [6, 6.07) is 11.7. The molecular formula is C18H13Cl2NO3. The number of halogens is 2. The van der Waals surface area contributed by atoms with Crippen molar-refractivity contribution in [2.45, 2.75) is 0 Å². The fourth-order valence-corrected chi connectivity index (χ4v) is 2.65. The zero-order valence-electron chi connectivity index (χ0n) is 13.0. The summed E-state index contributed by atoms with van der Waals surface area (Å²) in [4.78, 5) is 12.6. The topological polar surface area (TPSA) is 59.3 Å². The largest absolute Gasteiger partial charge is 0.497 e. The van der Waals surface area contributed by atoms with Gasteiger partial charge >= 0.3 is 0 Å². The van der Waals surface area contributed by atoms with Crippen LogP contribution in [-0.4, -0.2) is 20.0 Å². The molecule has 0 unspecified atom stereocenters. The van der Waals surface area contributed by atoms with E-state index in [4.69, 9.17) is 32.7 Å². The number of allylic oxidation sites excluding steroid dienone is 1. The van der Waals surface area contributed by atoms with Crippen LogP contribution in [0.25, 0.3) is 6.08 Å². The number of ether oxygens (including phenoxy) is 2. The van der Waals surface area contributed by atoms with Crippen LogP contribution in [0.2, 0.25) is 10.0 Å². The third-order valence-corrected chi connectivity index (χ3v) is 3.87. The molecule has 0 aromatic heterocycles. The number of nitriles is 1. The van der Waals surface area contributed by atoms with Crippen molar-refractivity contribution in [2.75, 3.05) is 14.2 Å². The molecule has 0 amide bonds. The van der Waals surface area contributed by atoms with Gasteiger partial charge in [-0.3, -0.25) is 4.79 Å². The van der Waals surface area contributed by atoms with Crippen LogP contribution >= 0.6 is 23.2 Å². The van der Waals surface area contributed by atoms with Crippen LogP contribution in [0.5, 0.6) is 11.5 Å². The molecule has 0 bridgehead atoms. The van der Waals surface area contributed by atoms with Crippen LogP contribution in [0.1, 0.15) is 15.9 Å². The zero-order chi connectivity index (χ0) is 17.7. The molecule has 6 heteroatoms. The van der Waals surface area contributed by atoms with Gasteiger partial charge in [0.1, 0.15) is 23.1 Å². The molecule has 2 rings (SSSR count). The van der Waals surface area contributed by atoms with E-state index in [1.54, 1.807) is 36.4 Å². The molecule has 0 heterocycles. The zero-order valence-corrected chi connectivity index (χ0v) is 14.5. The summed E-state index contributed by atoms with van der Waals surface area (Å²) >= 11 is 12.1. The summed E-state index contributed by atoms with van der Waals surface area (Å²) in [6.07, 6.45) is 1.44. The molecule has 0 radical (unpaired) electrons. The van der Waals surface area contributed by atoms with Gasteiger partial charge in [-0.25, -0.2) is 0 Å². The Labute approximate surface area is 149 Å². The van der Waals surface area contributed by atoms with Crippen molar-refractivity contribution in [1.29, 1.82) is 5.26 Å². The molecule has 0 saturated carbocycles. The Morgan fingerprint density at radius 1 is 1.08 bits per heavy atom. The highest BCUT2D eigenvalue weighted by molar-refractivity contribution is 6.41. The van der Waals surface area contributed by atoms with Gasteiger partial charge < -0.3 is 9.47 Å². The number of rotatable bonds is 5. The second-order valence-electron chi connectivity index (χ2n) is 4.74. The molecule has 122 valence electrons. The van der Waals surface area contributed by atoms with Gasteiger partial charge in [0, 0.05) is 6.07 Å². The first-order valence-corrected chi connectivity index (χ1v) is 7.59. The maximum absolute atomic E-state index is 12.6. The summed E-state index contributed by atoms with van der Waals surface area (Å²) in [7, 11) is 3.03. The Morgan fingerprint density at radius 3 is 2.08 bits per heavy atom. The first-order chi connectivity index (χ1) is 11.5. The first-order valence-electron chi connectivity index (χ1n) is 6.83. The van der Waals surface area contributed by atoms with Crippen molar-refractivity contribution in [3.63, 3.8) is 0 Å².